The summed E-state index contributed by atoms with van der Waals surface area (Å²) in [5, 5.41) is 2.99. The average Bonchev–Trinajstić information content (AvgIpc) is 2.89. The molecule has 0 saturated heterocycles. The molecule has 21 heavy (non-hydrogen) atoms. The van der Waals surface area contributed by atoms with Gasteiger partial charge in [-0.05, 0) is 38.2 Å². The molecule has 2 N–H and O–H groups in total. The fourth-order valence-corrected chi connectivity index (χ4v) is 3.28. The molecule has 0 aliphatic carbocycles. The molecule has 0 bridgehead atoms. The molecule has 7 heteroatoms. The molecule has 1 atom stereocenters. The van der Waals surface area contributed by atoms with Gasteiger partial charge in [0.25, 0.3) is 0 Å². The molecule has 0 saturated carbocycles. The Kier molecular flexibility index (Phi) is 4.65. The van der Waals surface area contributed by atoms with Gasteiger partial charge in [-0.1, -0.05) is 13.0 Å². The second kappa shape index (κ2) is 6.13. The lowest BCUT2D eigenvalue weighted by Crippen LogP contribution is -2.37. The van der Waals surface area contributed by atoms with E-state index in [2.05, 4.69) is 10.0 Å². The summed E-state index contributed by atoms with van der Waals surface area (Å²) in [7, 11) is -0.319. The standard InChI is InChI=1S/C14H21N3O3S/c1-10(9-15-2)14(18)17-7-6-11-4-5-12(8-13(11)17)21(19,20)16-3/h4-5,8,10,15-16H,6-7,9H2,1-3H3. The van der Waals surface area contributed by atoms with Crippen molar-refractivity contribution in [2.75, 3.05) is 32.1 Å². The summed E-state index contributed by atoms with van der Waals surface area (Å²) < 4.78 is 26.1. The molecule has 0 aromatic heterocycles. The van der Waals surface area contributed by atoms with E-state index in [0.29, 0.717) is 18.8 Å². The number of hydrogen-bond acceptors (Lipinski definition) is 4. The molecule has 0 spiro atoms. The molecule has 1 heterocycles. The molecule has 0 fully saturated rings. The molecular weight excluding hydrogens is 290 g/mol. The van der Waals surface area contributed by atoms with Crippen LogP contribution >= 0.6 is 0 Å². The van der Waals surface area contributed by atoms with Gasteiger partial charge >= 0.3 is 0 Å². The van der Waals surface area contributed by atoms with E-state index in [9.17, 15) is 13.2 Å². The number of fused-ring (bicyclic) bond motifs is 1. The Morgan fingerprint density at radius 1 is 1.38 bits per heavy atom. The zero-order valence-corrected chi connectivity index (χ0v) is 13.3. The fraction of sp³-hybridized carbons (Fsp3) is 0.500. The lowest BCUT2D eigenvalue weighted by molar-refractivity contribution is -0.121. The number of benzene rings is 1. The maximum absolute atomic E-state index is 12.4. The minimum Gasteiger partial charge on any atom is -0.319 e. The number of sulfonamides is 1. The first-order valence-corrected chi connectivity index (χ1v) is 8.41. The first-order valence-electron chi connectivity index (χ1n) is 6.93. The molecule has 2 rings (SSSR count). The van der Waals surface area contributed by atoms with Crippen molar-refractivity contribution in [1.29, 1.82) is 0 Å². The molecule has 1 aliphatic rings. The smallest absolute Gasteiger partial charge is 0.240 e. The number of carbonyl (C=O) groups excluding carboxylic acids is 1. The van der Waals surface area contributed by atoms with E-state index in [0.717, 1.165) is 12.0 Å². The van der Waals surface area contributed by atoms with Gasteiger partial charge in [-0.2, -0.15) is 0 Å². The summed E-state index contributed by atoms with van der Waals surface area (Å²) in [6.07, 6.45) is 0.757. The molecule has 1 unspecified atom stereocenters. The zero-order chi connectivity index (χ0) is 15.6. The van der Waals surface area contributed by atoms with Crippen LogP contribution in [0.2, 0.25) is 0 Å². The van der Waals surface area contributed by atoms with Crippen LogP contribution in [0.25, 0.3) is 0 Å². The monoisotopic (exact) mass is 311 g/mol. The van der Waals surface area contributed by atoms with Crippen molar-refractivity contribution in [2.45, 2.75) is 18.2 Å². The van der Waals surface area contributed by atoms with Crippen LogP contribution in [0.1, 0.15) is 12.5 Å². The van der Waals surface area contributed by atoms with Gasteiger partial charge in [0.2, 0.25) is 15.9 Å². The van der Waals surface area contributed by atoms with E-state index >= 15 is 0 Å². The summed E-state index contributed by atoms with van der Waals surface area (Å²) in [4.78, 5) is 14.3. The molecule has 1 aromatic rings. The van der Waals surface area contributed by atoms with Gasteiger partial charge in [0.05, 0.1) is 4.90 Å². The highest BCUT2D eigenvalue weighted by atomic mass is 32.2. The number of carbonyl (C=O) groups is 1. The van der Waals surface area contributed by atoms with E-state index in [1.807, 2.05) is 6.92 Å². The van der Waals surface area contributed by atoms with Crippen LogP contribution in [-0.2, 0) is 21.2 Å². The third-order valence-electron chi connectivity index (χ3n) is 3.73. The van der Waals surface area contributed by atoms with Crippen LogP contribution in [0.15, 0.2) is 23.1 Å². The van der Waals surface area contributed by atoms with E-state index in [-0.39, 0.29) is 16.7 Å². The Labute approximate surface area is 125 Å². The number of anilines is 1. The van der Waals surface area contributed by atoms with E-state index < -0.39 is 10.0 Å². The molecule has 1 aromatic carbocycles. The van der Waals surface area contributed by atoms with Gasteiger partial charge in [0, 0.05) is 24.7 Å². The minimum absolute atomic E-state index is 0.0158. The summed E-state index contributed by atoms with van der Waals surface area (Å²) in [6.45, 7) is 3.06. The fourth-order valence-electron chi connectivity index (χ4n) is 2.53. The highest BCUT2D eigenvalue weighted by Crippen LogP contribution is 2.31. The summed E-state index contributed by atoms with van der Waals surface area (Å²) >= 11 is 0. The highest BCUT2D eigenvalue weighted by molar-refractivity contribution is 7.89. The van der Waals surface area contributed by atoms with Gasteiger partial charge in [-0.3, -0.25) is 4.79 Å². The van der Waals surface area contributed by atoms with Crippen LogP contribution in [0, 0.1) is 5.92 Å². The zero-order valence-electron chi connectivity index (χ0n) is 12.5. The number of nitrogens with zero attached hydrogens (tertiary/aromatic N) is 1. The van der Waals surface area contributed by atoms with Crippen molar-refractivity contribution in [3.05, 3.63) is 23.8 Å². The van der Waals surface area contributed by atoms with Crippen molar-refractivity contribution in [1.82, 2.24) is 10.0 Å². The maximum Gasteiger partial charge on any atom is 0.240 e. The predicted molar refractivity (Wildman–Crippen MR) is 81.8 cm³/mol. The van der Waals surface area contributed by atoms with Crippen LogP contribution < -0.4 is 14.9 Å². The predicted octanol–water partition coefficient (Wildman–Crippen LogP) is 0.339. The highest BCUT2D eigenvalue weighted by Gasteiger charge is 2.29. The molecule has 6 nitrogen and oxygen atoms in total. The number of hydrogen-bond donors (Lipinski definition) is 2. The van der Waals surface area contributed by atoms with Crippen LogP contribution in [0.5, 0.6) is 0 Å². The summed E-state index contributed by atoms with van der Waals surface area (Å²) in [5.74, 6) is -0.132. The normalized spacial score (nSPS) is 15.9. The van der Waals surface area contributed by atoms with Gasteiger partial charge in [0.15, 0.2) is 0 Å². The summed E-state index contributed by atoms with van der Waals surface area (Å²) in [5.41, 5.74) is 1.72. The molecule has 1 amide bonds. The topological polar surface area (TPSA) is 78.5 Å². The first kappa shape index (κ1) is 15.9. The lowest BCUT2D eigenvalue weighted by Gasteiger charge is -2.22. The van der Waals surface area contributed by atoms with Gasteiger partial charge in [-0.15, -0.1) is 0 Å². The van der Waals surface area contributed by atoms with Crippen LogP contribution in [-0.4, -0.2) is 41.5 Å². The molecule has 116 valence electrons. The Bertz CT molecular complexity index is 643. The van der Waals surface area contributed by atoms with E-state index in [1.165, 1.54) is 7.05 Å². The van der Waals surface area contributed by atoms with E-state index in [4.69, 9.17) is 0 Å². The van der Waals surface area contributed by atoms with Crippen molar-refractivity contribution < 1.29 is 13.2 Å². The molecule has 1 aliphatic heterocycles. The van der Waals surface area contributed by atoms with E-state index in [1.54, 1.807) is 30.1 Å². The second-order valence-electron chi connectivity index (χ2n) is 5.20. The van der Waals surface area contributed by atoms with Crippen LogP contribution in [0.4, 0.5) is 5.69 Å². The Hall–Kier alpha value is -1.44. The van der Waals surface area contributed by atoms with Crippen LogP contribution in [0.3, 0.4) is 0 Å². The van der Waals surface area contributed by atoms with Crippen molar-refractivity contribution >= 4 is 21.6 Å². The number of amides is 1. The van der Waals surface area contributed by atoms with Crippen molar-refractivity contribution in [3.63, 3.8) is 0 Å². The number of rotatable bonds is 5. The Morgan fingerprint density at radius 2 is 2.10 bits per heavy atom. The lowest BCUT2D eigenvalue weighted by atomic mass is 10.1. The SMILES string of the molecule is CNCC(C)C(=O)N1CCc2ccc(S(=O)(=O)NC)cc21. The van der Waals surface area contributed by atoms with Gasteiger partial charge in [0.1, 0.15) is 0 Å². The first-order chi connectivity index (χ1) is 9.90. The molecule has 0 radical (unpaired) electrons. The van der Waals surface area contributed by atoms with Crippen molar-refractivity contribution in [3.8, 4) is 0 Å². The van der Waals surface area contributed by atoms with Gasteiger partial charge < -0.3 is 10.2 Å². The molecular formula is C14H21N3O3S. The third kappa shape index (κ3) is 3.09. The van der Waals surface area contributed by atoms with Gasteiger partial charge in [-0.25, -0.2) is 13.1 Å². The average molecular weight is 311 g/mol. The maximum atomic E-state index is 12.4. The summed E-state index contributed by atoms with van der Waals surface area (Å²) in [6, 6.07) is 4.95. The van der Waals surface area contributed by atoms with Crippen molar-refractivity contribution in [2.24, 2.45) is 5.92 Å². The Morgan fingerprint density at radius 3 is 2.71 bits per heavy atom. The number of nitrogens with one attached hydrogen (secondary N) is 2. The third-order valence-corrected chi connectivity index (χ3v) is 5.14. The quantitative estimate of drug-likeness (QED) is 0.822. The minimum atomic E-state index is -3.50. The Balaban J connectivity index is 2.34. The largest absolute Gasteiger partial charge is 0.319 e. The second-order valence-corrected chi connectivity index (χ2v) is 7.08.